The van der Waals surface area contributed by atoms with Gasteiger partial charge in [0.25, 0.3) is 23.6 Å². The summed E-state index contributed by atoms with van der Waals surface area (Å²) in [7, 11) is 0. The molecule has 0 saturated carbocycles. The number of amides is 4. The van der Waals surface area contributed by atoms with Gasteiger partial charge in [-0.2, -0.15) is 0 Å². The summed E-state index contributed by atoms with van der Waals surface area (Å²) in [4.78, 5) is 132. The molecule has 4 saturated heterocycles. The van der Waals surface area contributed by atoms with Gasteiger partial charge in [-0.3, -0.25) is 19.2 Å². The Labute approximate surface area is 804 Å². The summed E-state index contributed by atoms with van der Waals surface area (Å²) in [6.45, 7) is 27.8. The van der Waals surface area contributed by atoms with Crippen molar-refractivity contribution in [1.29, 1.82) is 0 Å². The Morgan fingerprint density at radius 3 is 0.821 bits per heavy atom. The normalized spacial score (nSPS) is 23.1. The quantitative estimate of drug-likeness (QED) is 0.0552. The van der Waals surface area contributed by atoms with Crippen LogP contribution in [0.1, 0.15) is 290 Å². The number of carbonyl (C=O) groups excluding carboxylic acids is 8. The van der Waals surface area contributed by atoms with Gasteiger partial charge in [0, 0.05) is 86.1 Å². The molecule has 4 atom stereocenters. The first-order valence-electron chi connectivity index (χ1n) is 48.3. The number of piperidine rings is 4. The number of hydrogen-bond acceptors (Lipinski definition) is 20. The third-order valence-electron chi connectivity index (χ3n) is 24.8. The SMILES string of the molecule is Cc1cc(C)c2c(c1)CC(=N/OCC(=O)N1CCCCC1C)/C=C/CC/C=C/CCOC2=O.Cc1cc(C)c2c(c1)CC(=N\OCC(=O)N1CCCCC1C)/C=C/CC/C=C/CCOC2=O.Cc1cc(C)c2c(c1Cl)CC(=N/OCC(=O)N1CCCCC1C)/C=C/CC/C=C/CCOC2=O.Cc1cc(C)c2c(c1Cl)CC(=N\OCC(=O)N1CCCCC1C)/C=C/CC/C=C/CCOC2=O. The second-order valence-electron chi connectivity index (χ2n) is 35.9. The maximum Gasteiger partial charge on any atom is 0.338 e. The van der Waals surface area contributed by atoms with Gasteiger partial charge in [-0.25, -0.2) is 19.2 Å². The van der Waals surface area contributed by atoms with Crippen LogP contribution in [0, 0.1) is 55.4 Å². The fraction of sp³-hybridized carbons (Fsp3) is 0.519. The number of aryl methyl sites for hydroxylation is 8. The van der Waals surface area contributed by atoms with E-state index in [2.05, 4.69) is 84.8 Å². The van der Waals surface area contributed by atoms with Crippen LogP contribution < -0.4 is 0 Å². The number of rotatable bonds is 12. The fourth-order valence-electron chi connectivity index (χ4n) is 17.9. The highest BCUT2D eigenvalue weighted by Gasteiger charge is 2.31. The molecule has 4 unspecified atom stereocenters. The molecule has 4 aromatic carbocycles. The van der Waals surface area contributed by atoms with Gasteiger partial charge in [0.2, 0.25) is 0 Å². The van der Waals surface area contributed by atoms with Crippen molar-refractivity contribution in [1.82, 2.24) is 19.6 Å². The molecule has 26 heteroatoms. The van der Waals surface area contributed by atoms with E-state index in [9.17, 15) is 38.4 Å². The highest BCUT2D eigenvalue weighted by atomic mass is 35.5. The third kappa shape index (κ3) is 34.4. The van der Waals surface area contributed by atoms with E-state index in [1.165, 1.54) is 0 Å². The zero-order valence-electron chi connectivity index (χ0n) is 81.2. The Morgan fingerprint density at radius 1 is 0.313 bits per heavy atom. The van der Waals surface area contributed by atoms with Crippen molar-refractivity contribution in [2.75, 3.05) is 79.0 Å². The van der Waals surface area contributed by atoms with Crippen LogP contribution in [0.3, 0.4) is 0 Å². The van der Waals surface area contributed by atoms with E-state index >= 15 is 0 Å². The van der Waals surface area contributed by atoms with Gasteiger partial charge < -0.3 is 57.9 Å². The highest BCUT2D eigenvalue weighted by molar-refractivity contribution is 6.33. The molecule has 0 spiro atoms. The summed E-state index contributed by atoms with van der Waals surface area (Å²) in [6, 6.07) is 12.7. The molecule has 4 aromatic rings. The van der Waals surface area contributed by atoms with Crippen LogP contribution in [-0.2, 0) is 83.2 Å². The molecule has 8 heterocycles. The molecule has 4 fully saturated rings. The molecule has 724 valence electrons. The average molecular weight is 1880 g/mol. The molecule has 8 aliphatic heterocycles. The van der Waals surface area contributed by atoms with E-state index in [1.54, 1.807) is 0 Å². The van der Waals surface area contributed by atoms with Crippen LogP contribution in [-0.4, -0.2) is 193 Å². The molecule has 0 N–H and O–H groups in total. The summed E-state index contributed by atoms with van der Waals surface area (Å²) in [5.74, 6) is -1.58. The molecule has 0 aliphatic carbocycles. The van der Waals surface area contributed by atoms with Crippen LogP contribution in [0.15, 0.2) is 154 Å². The number of oxime groups is 4. The number of cyclic esters (lactones) is 4. The molecular formula is C108H142Cl2N8O16. The Balaban J connectivity index is 0.000000201. The molecule has 134 heavy (non-hydrogen) atoms. The first-order valence-corrected chi connectivity index (χ1v) is 49.1. The van der Waals surface area contributed by atoms with E-state index in [4.69, 9.17) is 61.5 Å². The zero-order valence-corrected chi connectivity index (χ0v) is 82.7. The Bertz CT molecular complexity index is 4760. The summed E-state index contributed by atoms with van der Waals surface area (Å²) in [5, 5.41) is 18.2. The van der Waals surface area contributed by atoms with Gasteiger partial charge in [-0.1, -0.05) is 164 Å². The molecule has 0 bridgehead atoms. The van der Waals surface area contributed by atoms with Crippen molar-refractivity contribution in [3.63, 3.8) is 0 Å². The summed E-state index contributed by atoms with van der Waals surface area (Å²) < 4.78 is 22.1. The van der Waals surface area contributed by atoms with Gasteiger partial charge in [0.1, 0.15) is 0 Å². The molecule has 12 rings (SSSR count). The Hall–Kier alpha value is -11.0. The van der Waals surface area contributed by atoms with E-state index in [0.29, 0.717) is 144 Å². The first kappa shape index (κ1) is 107. The van der Waals surface area contributed by atoms with Crippen LogP contribution in [0.5, 0.6) is 0 Å². The molecule has 0 aromatic heterocycles. The lowest BCUT2D eigenvalue weighted by Gasteiger charge is -2.32. The topological polar surface area (TPSA) is 273 Å². The number of hydrogen-bond donors (Lipinski definition) is 0. The number of likely N-dealkylation sites (tertiary alicyclic amines) is 4. The Kier molecular flexibility index (Phi) is 45.4. The largest absolute Gasteiger partial charge is 0.462 e. The lowest BCUT2D eigenvalue weighted by Crippen LogP contribution is -2.43. The monoisotopic (exact) mass is 1880 g/mol. The van der Waals surface area contributed by atoms with Crippen LogP contribution >= 0.6 is 23.2 Å². The van der Waals surface area contributed by atoms with E-state index < -0.39 is 11.9 Å². The number of carbonyl (C=O) groups is 8. The molecule has 8 aliphatic rings. The van der Waals surface area contributed by atoms with Crippen molar-refractivity contribution in [2.45, 2.75) is 287 Å². The fourth-order valence-corrected chi connectivity index (χ4v) is 18.3. The van der Waals surface area contributed by atoms with Gasteiger partial charge in [0.15, 0.2) is 26.4 Å². The smallest absolute Gasteiger partial charge is 0.338 e. The third-order valence-corrected chi connectivity index (χ3v) is 25.9. The maximum absolute atomic E-state index is 12.9. The lowest BCUT2D eigenvalue weighted by molar-refractivity contribution is -0.140. The molecule has 0 radical (unpaired) electrons. The zero-order chi connectivity index (χ0) is 96.3. The average Bonchev–Trinajstić information content (AvgIpc) is 0.789. The number of fused-ring (bicyclic) bond motifs is 4. The van der Waals surface area contributed by atoms with Crippen molar-refractivity contribution in [2.24, 2.45) is 20.6 Å². The van der Waals surface area contributed by atoms with Crippen LogP contribution in [0.2, 0.25) is 10.0 Å². The predicted molar refractivity (Wildman–Crippen MR) is 532 cm³/mol. The van der Waals surface area contributed by atoms with Crippen molar-refractivity contribution < 1.29 is 76.7 Å². The minimum absolute atomic E-state index is 0.0303. The number of benzene rings is 4. The standard InChI is InChI=1S/2C27H35ClN2O4.2C27H36N2O4/c2*1-19-16-20(2)26(28)23-17-22(29-34-18-24(31)30-14-10-9-12-21(30)3)13-8-6-4-5-7-11-15-33-27(32)25(19)23;2*1-20-16-21(2)26-23(17-20)18-24(13-8-6-4-5-7-11-15-32-27(26)31)28-33-19-25(30)29-14-10-9-12-22(29)3/h2*5,7-8,13,16,21H,4,6,9-12,14-15,17-18H2,1-3H3;2*5,7-8,13,16-17,22H,4,6,9-12,14-15,18-19H2,1-3H3/b7-5+,13-8+,29-22+;7-5+,13-8+,29-22-;7-5+,13-8+,28-24+;7-5+,13-8+,28-24-. The van der Waals surface area contributed by atoms with E-state index in [1.807, 2.05) is 172 Å². The summed E-state index contributed by atoms with van der Waals surface area (Å²) in [5.41, 5.74) is 15.0. The highest BCUT2D eigenvalue weighted by Crippen LogP contribution is 2.33. The van der Waals surface area contributed by atoms with Gasteiger partial charge >= 0.3 is 23.9 Å². The number of ether oxygens (including phenoxy) is 4. The van der Waals surface area contributed by atoms with Crippen molar-refractivity contribution in [3.8, 4) is 0 Å². The minimum atomic E-state index is -0.390. The first-order chi connectivity index (χ1) is 64.7. The van der Waals surface area contributed by atoms with Gasteiger partial charge in [-0.15, -0.1) is 0 Å². The predicted octanol–water partition coefficient (Wildman–Crippen LogP) is 21.6. The number of allylic oxidation sites excluding steroid dienone is 12. The minimum Gasteiger partial charge on any atom is -0.462 e. The molecule has 4 amide bonds. The summed E-state index contributed by atoms with van der Waals surface area (Å²) >= 11 is 13.3. The van der Waals surface area contributed by atoms with Crippen LogP contribution in [0.4, 0.5) is 0 Å². The van der Waals surface area contributed by atoms with Gasteiger partial charge in [0.05, 0.1) is 71.5 Å². The van der Waals surface area contributed by atoms with Crippen molar-refractivity contribution in [3.05, 3.63) is 233 Å². The number of esters is 4. The number of halogens is 2. The van der Waals surface area contributed by atoms with Gasteiger partial charge in [-0.05, 0) is 317 Å². The number of nitrogens with zero attached hydrogens (tertiary/aromatic N) is 8. The lowest BCUT2D eigenvalue weighted by atomic mass is 9.94. The molecular weight excluding hydrogens is 1740 g/mol. The second-order valence-corrected chi connectivity index (χ2v) is 36.7. The summed E-state index contributed by atoms with van der Waals surface area (Å²) in [6.07, 6.45) is 56.3. The second kappa shape index (κ2) is 57.0. The van der Waals surface area contributed by atoms with E-state index in [-0.39, 0.29) is 86.2 Å². The van der Waals surface area contributed by atoms with Crippen molar-refractivity contribution >= 4 is 93.6 Å². The van der Waals surface area contributed by atoms with Crippen LogP contribution in [0.25, 0.3) is 0 Å². The maximum atomic E-state index is 12.9. The Morgan fingerprint density at radius 2 is 0.552 bits per heavy atom. The van der Waals surface area contributed by atoms with E-state index in [0.717, 1.165) is 210 Å². The molecule has 24 nitrogen and oxygen atoms in total.